The van der Waals surface area contributed by atoms with E-state index in [4.69, 9.17) is 0 Å². The van der Waals surface area contributed by atoms with Crippen LogP contribution in [0.2, 0.25) is 0 Å². The fourth-order valence-corrected chi connectivity index (χ4v) is 1.56. The molecule has 1 unspecified atom stereocenters. The maximum atomic E-state index is 2.34. The lowest BCUT2D eigenvalue weighted by atomic mass is 9.96. The van der Waals surface area contributed by atoms with Gasteiger partial charge in [-0.05, 0) is 32.4 Å². The van der Waals surface area contributed by atoms with Gasteiger partial charge in [-0.2, -0.15) is 0 Å². The fourth-order valence-electron chi connectivity index (χ4n) is 1.56. The van der Waals surface area contributed by atoms with Gasteiger partial charge in [-0.3, -0.25) is 0 Å². The third kappa shape index (κ3) is 4.41. The molecule has 0 aromatic rings. The van der Waals surface area contributed by atoms with Crippen molar-refractivity contribution in [2.75, 3.05) is 14.1 Å². The van der Waals surface area contributed by atoms with Crippen LogP contribution in [0.5, 0.6) is 0 Å². The summed E-state index contributed by atoms with van der Waals surface area (Å²) in [7, 11) is 4.35. The Kier molecular flexibility index (Phi) is 4.74. The Labute approximate surface area is 71.8 Å². The highest BCUT2D eigenvalue weighted by Gasteiger charge is 2.16. The monoisotopic (exact) mass is 158 g/mol. The summed E-state index contributed by atoms with van der Waals surface area (Å²) in [6, 6.07) is 0.745. The van der Waals surface area contributed by atoms with E-state index in [0.29, 0.717) is 0 Å². The topological polar surface area (TPSA) is 3.24 Å². The van der Waals surface area contributed by atoms with E-state index < -0.39 is 0 Å². The average Bonchev–Trinajstić information content (AvgIpc) is 1.81. The Hall–Kier alpha value is -0.0400. The highest BCUT2D eigenvalue weighted by atomic mass is 15.8. The zero-order chi connectivity index (χ0) is 9.02. The number of hydrogen-bond donors (Lipinski definition) is 0. The van der Waals surface area contributed by atoms with Crippen LogP contribution in [-0.4, -0.2) is 25.0 Å². The first-order valence-electron chi connectivity index (χ1n) is 4.61. The number of rotatable bonds is 4. The van der Waals surface area contributed by atoms with Crippen LogP contribution in [0.15, 0.2) is 0 Å². The first-order valence-corrected chi connectivity index (χ1v) is 4.61. The highest BCUT2D eigenvalue weighted by molar-refractivity contribution is 4.71. The molecule has 0 rings (SSSR count). The highest BCUT2D eigenvalue weighted by Crippen LogP contribution is 2.16. The Morgan fingerprint density at radius 1 is 1.00 bits per heavy atom. The Morgan fingerprint density at radius 2 is 1.45 bits per heavy atom. The molecule has 68 valence electrons. The summed E-state index contributed by atoms with van der Waals surface area (Å²) < 4.78 is 0. The second-order valence-electron chi connectivity index (χ2n) is 4.40. The van der Waals surface area contributed by atoms with E-state index in [0.717, 1.165) is 17.9 Å². The molecule has 1 atom stereocenters. The van der Waals surface area contributed by atoms with Gasteiger partial charge in [0.2, 0.25) is 0 Å². The predicted octanol–water partition coefficient (Wildman–Crippen LogP) is 2.62. The molecule has 0 aliphatic rings. The van der Waals surface area contributed by atoms with Crippen LogP contribution in [0.4, 0.5) is 0 Å². The minimum atomic E-state index is 0.745. The average molecular weight is 158 g/mol. The molecule has 11 heavy (non-hydrogen) atoms. The third-order valence-electron chi connectivity index (χ3n) is 2.15. The summed E-state index contributed by atoms with van der Waals surface area (Å²) in [6.07, 6.45) is 1.31. The van der Waals surface area contributed by atoms with Crippen molar-refractivity contribution in [1.29, 1.82) is 0 Å². The van der Waals surface area contributed by atoms with Gasteiger partial charge in [-0.1, -0.05) is 27.7 Å². The minimum absolute atomic E-state index is 0.745. The van der Waals surface area contributed by atoms with Gasteiger partial charge in [0.05, 0.1) is 0 Å². The maximum Gasteiger partial charge on any atom is 0.0115 e. The van der Waals surface area contributed by atoms with Crippen molar-refractivity contribution >= 4 is 0 Å². The molecule has 0 saturated carbocycles. The summed E-state index contributed by atoms with van der Waals surface area (Å²) in [6.45, 7) is 9.18. The second kappa shape index (κ2) is 4.76. The van der Waals surface area contributed by atoms with Crippen LogP contribution in [0.1, 0.15) is 34.1 Å². The fraction of sp³-hybridized carbons (Fsp3) is 1.00. The van der Waals surface area contributed by atoms with Crippen molar-refractivity contribution < 1.29 is 0 Å². The molecule has 0 aliphatic heterocycles. The van der Waals surface area contributed by atoms with Gasteiger partial charge in [-0.25, -0.2) is 0 Å². The summed E-state index contributed by atoms with van der Waals surface area (Å²) >= 11 is 0. The molecule has 0 radical (unpaired) electrons. The van der Waals surface area contributed by atoms with Crippen molar-refractivity contribution in [3.8, 4) is 0 Å². The van der Waals surface area contributed by atoms with Gasteiger partial charge in [0.1, 0.15) is 0 Å². The van der Waals surface area contributed by atoms with Gasteiger partial charge in [0.15, 0.2) is 0 Å². The van der Waals surface area contributed by atoms with E-state index in [9.17, 15) is 0 Å². The van der Waals surface area contributed by atoms with Crippen LogP contribution < -0.4 is 0 Å². The van der Waals surface area contributed by atoms with E-state index in [2.05, 4.69) is 46.7 Å². The Bertz CT molecular complexity index is 87.0. The van der Waals surface area contributed by atoms with E-state index in [1.165, 1.54) is 6.42 Å². The van der Waals surface area contributed by atoms with Gasteiger partial charge in [0, 0.05) is 6.04 Å². The summed E-state index contributed by atoms with van der Waals surface area (Å²) in [4.78, 5) is 2.34. The molecular formula is C10H23N. The van der Waals surface area contributed by atoms with Crippen molar-refractivity contribution in [2.24, 2.45) is 11.8 Å². The van der Waals surface area contributed by atoms with Crippen LogP contribution >= 0.6 is 0 Å². The van der Waals surface area contributed by atoms with Crippen LogP contribution in [0, 0.1) is 11.8 Å². The molecule has 0 aliphatic carbocycles. The molecule has 1 heteroatoms. The molecule has 0 bridgehead atoms. The second-order valence-corrected chi connectivity index (χ2v) is 4.40. The number of nitrogens with zero attached hydrogens (tertiary/aromatic N) is 1. The molecule has 0 aromatic carbocycles. The van der Waals surface area contributed by atoms with Crippen LogP contribution in [0.3, 0.4) is 0 Å². The SMILES string of the molecule is CC(C)CC(C(C)C)[15N](C)C. The first-order chi connectivity index (χ1) is 4.95. The zero-order valence-corrected chi connectivity index (χ0v) is 8.89. The van der Waals surface area contributed by atoms with Crippen LogP contribution in [0.25, 0.3) is 0 Å². The molecule has 0 spiro atoms. The first kappa shape index (κ1) is 11.0. The lowest BCUT2D eigenvalue weighted by Gasteiger charge is -2.29. The lowest BCUT2D eigenvalue weighted by molar-refractivity contribution is 0.199. The Morgan fingerprint density at radius 3 is 1.55 bits per heavy atom. The molecule has 0 saturated heterocycles. The summed E-state index contributed by atoms with van der Waals surface area (Å²) in [5.41, 5.74) is 0. The van der Waals surface area contributed by atoms with E-state index >= 15 is 0 Å². The maximum absolute atomic E-state index is 2.34. The van der Waals surface area contributed by atoms with E-state index in [1.807, 2.05) is 0 Å². The largest absolute Gasteiger partial charge is 0.306 e. The van der Waals surface area contributed by atoms with Crippen molar-refractivity contribution in [3.05, 3.63) is 0 Å². The van der Waals surface area contributed by atoms with Gasteiger partial charge in [0.25, 0.3) is 0 Å². The molecule has 0 aromatic heterocycles. The summed E-state index contributed by atoms with van der Waals surface area (Å²) in [5.74, 6) is 1.58. The molecular weight excluding hydrogens is 135 g/mol. The van der Waals surface area contributed by atoms with Crippen molar-refractivity contribution in [2.45, 2.75) is 40.2 Å². The van der Waals surface area contributed by atoms with Crippen molar-refractivity contribution in [3.63, 3.8) is 0 Å². The standard InChI is InChI=1S/C10H23N/c1-8(2)7-10(9(3)4)11(5)6/h8-10H,7H2,1-6H3/i11+1. The Balaban J connectivity index is 3.90. The molecule has 0 N–H and O–H groups in total. The molecule has 0 heterocycles. The van der Waals surface area contributed by atoms with Gasteiger partial charge >= 0.3 is 0 Å². The summed E-state index contributed by atoms with van der Waals surface area (Å²) in [5, 5.41) is 0. The smallest absolute Gasteiger partial charge is 0.0115 e. The predicted molar refractivity (Wildman–Crippen MR) is 51.8 cm³/mol. The third-order valence-corrected chi connectivity index (χ3v) is 2.15. The van der Waals surface area contributed by atoms with Gasteiger partial charge in [-0.15, -0.1) is 0 Å². The van der Waals surface area contributed by atoms with E-state index in [1.54, 1.807) is 0 Å². The van der Waals surface area contributed by atoms with Crippen molar-refractivity contribution in [1.82, 2.24) is 4.90 Å². The lowest BCUT2D eigenvalue weighted by Crippen LogP contribution is -2.33. The normalized spacial score (nSPS) is 15.0. The van der Waals surface area contributed by atoms with Crippen LogP contribution in [-0.2, 0) is 0 Å². The minimum Gasteiger partial charge on any atom is -0.306 e. The zero-order valence-electron chi connectivity index (χ0n) is 8.89. The number of hydrogen-bond acceptors (Lipinski definition) is 1. The molecule has 0 fully saturated rings. The quantitative estimate of drug-likeness (QED) is 0.568. The van der Waals surface area contributed by atoms with E-state index in [-0.39, 0.29) is 0 Å². The molecule has 1 nitrogen and oxygen atoms in total. The molecule has 0 amide bonds. The van der Waals surface area contributed by atoms with Gasteiger partial charge < -0.3 is 4.90 Å².